The van der Waals surface area contributed by atoms with Gasteiger partial charge in [-0.05, 0) is 37.5 Å². The number of anilines is 1. The molecule has 21 heavy (non-hydrogen) atoms. The van der Waals surface area contributed by atoms with Gasteiger partial charge in [-0.15, -0.1) is 0 Å². The number of rotatable bonds is 5. The van der Waals surface area contributed by atoms with E-state index in [1.54, 1.807) is 12.4 Å². The van der Waals surface area contributed by atoms with E-state index in [-0.39, 0.29) is 11.9 Å². The molecule has 2 unspecified atom stereocenters. The Morgan fingerprint density at radius 1 is 1.19 bits per heavy atom. The molecule has 0 radical (unpaired) electrons. The van der Waals surface area contributed by atoms with Gasteiger partial charge in [0, 0.05) is 12.6 Å². The second kappa shape index (κ2) is 7.38. The normalized spacial score (nSPS) is 25.4. The van der Waals surface area contributed by atoms with Gasteiger partial charge >= 0.3 is 0 Å². The predicted molar refractivity (Wildman–Crippen MR) is 84.2 cm³/mol. The molecular formula is C16H26N4O. The lowest BCUT2D eigenvalue weighted by molar-refractivity contribution is 0.0906. The Hall–Kier alpha value is -1.65. The standard InChI is InChI=1S/C16H26N4O/c1-4-5-17-15-10-18-14(9-19-15)16(21)20-13-7-11(2)6-12(3)8-13/h9-13H,4-8H2,1-3H3,(H,17,19)(H,20,21). The molecule has 1 aromatic heterocycles. The summed E-state index contributed by atoms with van der Waals surface area (Å²) in [6.45, 7) is 7.46. The second-order valence-corrected chi connectivity index (χ2v) is 6.30. The van der Waals surface area contributed by atoms with Gasteiger partial charge in [-0.3, -0.25) is 4.79 Å². The van der Waals surface area contributed by atoms with Gasteiger partial charge in [-0.1, -0.05) is 20.8 Å². The average Bonchev–Trinajstić information content (AvgIpc) is 2.44. The van der Waals surface area contributed by atoms with Crippen LogP contribution in [0, 0.1) is 11.8 Å². The molecule has 1 aliphatic rings. The van der Waals surface area contributed by atoms with Crippen molar-refractivity contribution in [3.63, 3.8) is 0 Å². The summed E-state index contributed by atoms with van der Waals surface area (Å²) in [6.07, 6.45) is 7.56. The topological polar surface area (TPSA) is 66.9 Å². The van der Waals surface area contributed by atoms with E-state index >= 15 is 0 Å². The molecule has 2 atom stereocenters. The molecule has 1 aliphatic carbocycles. The number of carbonyl (C=O) groups excluding carboxylic acids is 1. The highest BCUT2D eigenvalue weighted by Crippen LogP contribution is 2.28. The van der Waals surface area contributed by atoms with Gasteiger partial charge < -0.3 is 10.6 Å². The van der Waals surface area contributed by atoms with E-state index in [1.165, 1.54) is 6.42 Å². The fourth-order valence-electron chi connectivity index (χ4n) is 3.11. The van der Waals surface area contributed by atoms with Crippen LogP contribution < -0.4 is 10.6 Å². The first-order valence-corrected chi connectivity index (χ1v) is 7.95. The van der Waals surface area contributed by atoms with Crippen LogP contribution in [0.2, 0.25) is 0 Å². The highest BCUT2D eigenvalue weighted by atomic mass is 16.1. The van der Waals surface area contributed by atoms with E-state index < -0.39 is 0 Å². The Morgan fingerprint density at radius 2 is 1.90 bits per heavy atom. The van der Waals surface area contributed by atoms with Crippen LogP contribution in [0.1, 0.15) is 56.9 Å². The lowest BCUT2D eigenvalue weighted by Crippen LogP contribution is -2.40. The molecule has 1 aromatic rings. The number of hydrogen-bond donors (Lipinski definition) is 2. The second-order valence-electron chi connectivity index (χ2n) is 6.30. The van der Waals surface area contributed by atoms with Gasteiger partial charge in [-0.25, -0.2) is 9.97 Å². The zero-order chi connectivity index (χ0) is 15.2. The predicted octanol–water partition coefficient (Wildman–Crippen LogP) is 2.85. The first kappa shape index (κ1) is 15.7. The minimum absolute atomic E-state index is 0.115. The lowest BCUT2D eigenvalue weighted by atomic mass is 9.80. The van der Waals surface area contributed by atoms with Gasteiger partial charge in [-0.2, -0.15) is 0 Å². The molecule has 0 aliphatic heterocycles. The Morgan fingerprint density at radius 3 is 2.48 bits per heavy atom. The molecule has 0 saturated heterocycles. The quantitative estimate of drug-likeness (QED) is 0.875. The smallest absolute Gasteiger partial charge is 0.271 e. The van der Waals surface area contributed by atoms with Crippen molar-refractivity contribution in [2.75, 3.05) is 11.9 Å². The van der Waals surface area contributed by atoms with Crippen LogP contribution in [0.25, 0.3) is 0 Å². The summed E-state index contributed by atoms with van der Waals surface area (Å²) in [5, 5.41) is 6.24. The molecule has 1 heterocycles. The first-order valence-electron chi connectivity index (χ1n) is 7.95. The summed E-state index contributed by atoms with van der Waals surface area (Å²) in [5.74, 6) is 1.95. The third-order valence-electron chi connectivity index (χ3n) is 3.95. The average molecular weight is 290 g/mol. The number of carbonyl (C=O) groups is 1. The maximum absolute atomic E-state index is 12.2. The van der Waals surface area contributed by atoms with Crippen LogP contribution >= 0.6 is 0 Å². The fourth-order valence-corrected chi connectivity index (χ4v) is 3.11. The first-order chi connectivity index (χ1) is 10.1. The number of nitrogens with zero attached hydrogens (tertiary/aromatic N) is 2. The van der Waals surface area contributed by atoms with Crippen LogP contribution in [0.4, 0.5) is 5.82 Å². The van der Waals surface area contributed by atoms with Crippen LogP contribution in [-0.4, -0.2) is 28.5 Å². The van der Waals surface area contributed by atoms with Gasteiger partial charge in [0.15, 0.2) is 0 Å². The minimum atomic E-state index is -0.115. The van der Waals surface area contributed by atoms with Crippen molar-refractivity contribution < 1.29 is 4.79 Å². The summed E-state index contributed by atoms with van der Waals surface area (Å²) in [7, 11) is 0. The maximum Gasteiger partial charge on any atom is 0.271 e. The zero-order valence-corrected chi connectivity index (χ0v) is 13.2. The van der Waals surface area contributed by atoms with E-state index in [1.807, 2.05) is 0 Å². The highest BCUT2D eigenvalue weighted by Gasteiger charge is 2.25. The lowest BCUT2D eigenvalue weighted by Gasteiger charge is -2.31. The number of nitrogens with one attached hydrogen (secondary N) is 2. The molecule has 1 amide bonds. The van der Waals surface area contributed by atoms with Gasteiger partial charge in [0.05, 0.1) is 12.4 Å². The summed E-state index contributed by atoms with van der Waals surface area (Å²) in [4.78, 5) is 20.6. The summed E-state index contributed by atoms with van der Waals surface area (Å²) < 4.78 is 0. The van der Waals surface area contributed by atoms with E-state index in [4.69, 9.17) is 0 Å². The molecule has 2 N–H and O–H groups in total. The van der Waals surface area contributed by atoms with Gasteiger partial charge in [0.2, 0.25) is 0 Å². The van der Waals surface area contributed by atoms with Crippen molar-refractivity contribution in [1.82, 2.24) is 15.3 Å². The molecule has 1 saturated carbocycles. The summed E-state index contributed by atoms with van der Waals surface area (Å²) >= 11 is 0. The monoisotopic (exact) mass is 290 g/mol. The van der Waals surface area contributed by atoms with Crippen molar-refractivity contribution in [2.24, 2.45) is 11.8 Å². The van der Waals surface area contributed by atoms with Crippen LogP contribution in [0.15, 0.2) is 12.4 Å². The third-order valence-corrected chi connectivity index (χ3v) is 3.95. The number of aromatic nitrogens is 2. The Balaban J connectivity index is 1.90. The molecule has 116 valence electrons. The van der Waals surface area contributed by atoms with E-state index in [0.29, 0.717) is 23.3 Å². The van der Waals surface area contributed by atoms with Crippen molar-refractivity contribution in [1.29, 1.82) is 0 Å². The molecule has 5 heteroatoms. The molecular weight excluding hydrogens is 264 g/mol. The van der Waals surface area contributed by atoms with Crippen molar-refractivity contribution >= 4 is 11.7 Å². The number of hydrogen-bond acceptors (Lipinski definition) is 4. The molecule has 0 spiro atoms. The molecule has 0 bridgehead atoms. The molecule has 5 nitrogen and oxygen atoms in total. The molecule has 1 fully saturated rings. The van der Waals surface area contributed by atoms with E-state index in [9.17, 15) is 4.79 Å². The van der Waals surface area contributed by atoms with Crippen LogP contribution in [0.5, 0.6) is 0 Å². The van der Waals surface area contributed by atoms with E-state index in [0.717, 1.165) is 25.8 Å². The van der Waals surface area contributed by atoms with Gasteiger partial charge in [0.25, 0.3) is 5.91 Å². The van der Waals surface area contributed by atoms with Crippen molar-refractivity contribution in [2.45, 2.75) is 52.5 Å². The largest absolute Gasteiger partial charge is 0.369 e. The van der Waals surface area contributed by atoms with Gasteiger partial charge in [0.1, 0.15) is 11.5 Å². The Kier molecular flexibility index (Phi) is 5.53. The SMILES string of the molecule is CCCNc1cnc(C(=O)NC2CC(C)CC(C)C2)cn1. The highest BCUT2D eigenvalue weighted by molar-refractivity contribution is 5.92. The minimum Gasteiger partial charge on any atom is -0.369 e. The van der Waals surface area contributed by atoms with Crippen LogP contribution in [-0.2, 0) is 0 Å². The van der Waals surface area contributed by atoms with Crippen molar-refractivity contribution in [3.05, 3.63) is 18.1 Å². The zero-order valence-electron chi connectivity index (χ0n) is 13.2. The summed E-state index contributed by atoms with van der Waals surface area (Å²) in [6, 6.07) is 0.260. The fraction of sp³-hybridized carbons (Fsp3) is 0.688. The Labute approximate surface area is 127 Å². The maximum atomic E-state index is 12.2. The van der Waals surface area contributed by atoms with Crippen LogP contribution in [0.3, 0.4) is 0 Å². The molecule has 2 rings (SSSR count). The third kappa shape index (κ3) is 4.69. The summed E-state index contributed by atoms with van der Waals surface area (Å²) in [5.41, 5.74) is 0.392. The number of amides is 1. The molecule has 0 aromatic carbocycles. The van der Waals surface area contributed by atoms with Crippen molar-refractivity contribution in [3.8, 4) is 0 Å². The van der Waals surface area contributed by atoms with E-state index in [2.05, 4.69) is 41.4 Å². The Bertz CT molecular complexity index is 450.